The van der Waals surface area contributed by atoms with E-state index in [0.717, 1.165) is 6.42 Å². The Labute approximate surface area is 162 Å². The van der Waals surface area contributed by atoms with E-state index in [1.165, 1.54) is 32.1 Å². The van der Waals surface area contributed by atoms with Crippen molar-refractivity contribution in [2.75, 3.05) is 27.2 Å². The third kappa shape index (κ3) is 7.03. The lowest BCUT2D eigenvalue weighted by Gasteiger charge is -2.34. The SMILES string of the molecule is CN(C)C(=O)N1CCC(C(=O)NC(CCC(=O)O)CC2CCCCC2)CC1. The Morgan fingerprint density at radius 3 is 2.26 bits per heavy atom. The summed E-state index contributed by atoms with van der Waals surface area (Å²) in [6.07, 6.45) is 8.94. The number of carbonyl (C=O) groups excluding carboxylic acids is 2. The first-order chi connectivity index (χ1) is 12.9. The normalized spacial score (nSPS) is 20.1. The zero-order valence-corrected chi connectivity index (χ0v) is 16.8. The minimum absolute atomic E-state index is 0.00880. The summed E-state index contributed by atoms with van der Waals surface area (Å²) < 4.78 is 0. The molecule has 0 bridgehead atoms. The van der Waals surface area contributed by atoms with E-state index in [9.17, 15) is 14.4 Å². The fourth-order valence-corrected chi connectivity index (χ4v) is 4.31. The number of nitrogens with zero attached hydrogens (tertiary/aromatic N) is 2. The van der Waals surface area contributed by atoms with E-state index < -0.39 is 5.97 Å². The van der Waals surface area contributed by atoms with Crippen LogP contribution < -0.4 is 5.32 Å². The van der Waals surface area contributed by atoms with Crippen LogP contribution in [0.25, 0.3) is 0 Å². The van der Waals surface area contributed by atoms with Gasteiger partial charge in [0, 0.05) is 45.6 Å². The van der Waals surface area contributed by atoms with Gasteiger partial charge < -0.3 is 20.2 Å². The van der Waals surface area contributed by atoms with Gasteiger partial charge in [0.05, 0.1) is 0 Å². The maximum Gasteiger partial charge on any atom is 0.319 e. The van der Waals surface area contributed by atoms with Crippen LogP contribution in [0, 0.1) is 11.8 Å². The zero-order valence-electron chi connectivity index (χ0n) is 16.8. The van der Waals surface area contributed by atoms with Gasteiger partial charge in [0.25, 0.3) is 0 Å². The van der Waals surface area contributed by atoms with Crippen molar-refractivity contribution in [2.45, 2.75) is 70.3 Å². The molecule has 27 heavy (non-hydrogen) atoms. The molecule has 1 saturated heterocycles. The molecule has 7 nitrogen and oxygen atoms in total. The molecule has 7 heteroatoms. The van der Waals surface area contributed by atoms with Crippen molar-refractivity contribution in [1.29, 1.82) is 0 Å². The van der Waals surface area contributed by atoms with Gasteiger partial charge in [0.2, 0.25) is 5.91 Å². The topological polar surface area (TPSA) is 90.0 Å². The van der Waals surface area contributed by atoms with E-state index >= 15 is 0 Å². The number of urea groups is 1. The van der Waals surface area contributed by atoms with Gasteiger partial charge in [-0.1, -0.05) is 32.1 Å². The van der Waals surface area contributed by atoms with Crippen LogP contribution in [0.15, 0.2) is 0 Å². The lowest BCUT2D eigenvalue weighted by atomic mass is 9.83. The van der Waals surface area contributed by atoms with Crippen molar-refractivity contribution in [2.24, 2.45) is 11.8 Å². The Morgan fingerprint density at radius 2 is 1.70 bits per heavy atom. The predicted octanol–water partition coefficient (Wildman–Crippen LogP) is 2.70. The number of likely N-dealkylation sites (tertiary alicyclic amines) is 1. The lowest BCUT2D eigenvalue weighted by molar-refractivity contribution is -0.137. The summed E-state index contributed by atoms with van der Waals surface area (Å²) in [7, 11) is 3.47. The van der Waals surface area contributed by atoms with Gasteiger partial charge in [0.15, 0.2) is 0 Å². The van der Waals surface area contributed by atoms with Gasteiger partial charge in [-0.25, -0.2) is 4.79 Å². The molecule has 0 aromatic carbocycles. The second-order valence-electron chi connectivity index (χ2n) is 8.32. The van der Waals surface area contributed by atoms with Crippen LogP contribution in [0.3, 0.4) is 0 Å². The van der Waals surface area contributed by atoms with Crippen LogP contribution >= 0.6 is 0 Å². The second-order valence-corrected chi connectivity index (χ2v) is 8.32. The highest BCUT2D eigenvalue weighted by Gasteiger charge is 2.30. The van der Waals surface area contributed by atoms with Crippen LogP contribution in [0.1, 0.15) is 64.2 Å². The summed E-state index contributed by atoms with van der Waals surface area (Å²) in [4.78, 5) is 39.1. The number of aliphatic carboxylic acids is 1. The number of nitrogens with one attached hydrogen (secondary N) is 1. The minimum atomic E-state index is -0.812. The number of amides is 3. The molecule has 1 atom stereocenters. The Kier molecular flexibility index (Phi) is 8.38. The second kappa shape index (κ2) is 10.5. The van der Waals surface area contributed by atoms with Gasteiger partial charge in [-0.3, -0.25) is 9.59 Å². The summed E-state index contributed by atoms with van der Waals surface area (Å²) in [6.45, 7) is 1.19. The van der Waals surface area contributed by atoms with Crippen LogP contribution in [0.4, 0.5) is 4.79 Å². The molecule has 2 aliphatic rings. The largest absolute Gasteiger partial charge is 0.481 e. The van der Waals surface area contributed by atoms with Crippen molar-refractivity contribution in [1.82, 2.24) is 15.1 Å². The van der Waals surface area contributed by atoms with Crippen molar-refractivity contribution >= 4 is 17.9 Å². The monoisotopic (exact) mass is 381 g/mol. The van der Waals surface area contributed by atoms with Gasteiger partial charge >= 0.3 is 12.0 Å². The first-order valence-corrected chi connectivity index (χ1v) is 10.3. The summed E-state index contributed by atoms with van der Waals surface area (Å²) in [5.74, 6) is -0.279. The smallest absolute Gasteiger partial charge is 0.319 e. The number of carbonyl (C=O) groups is 3. The molecule has 154 valence electrons. The summed E-state index contributed by atoms with van der Waals surface area (Å²) in [5.41, 5.74) is 0. The summed E-state index contributed by atoms with van der Waals surface area (Å²) in [6, 6.07) is -0.0661. The maximum atomic E-state index is 12.7. The molecule has 2 fully saturated rings. The van der Waals surface area contributed by atoms with Crippen LogP contribution in [-0.2, 0) is 9.59 Å². The van der Waals surface area contributed by atoms with E-state index in [0.29, 0.717) is 38.3 Å². The quantitative estimate of drug-likeness (QED) is 0.709. The van der Waals surface area contributed by atoms with E-state index in [-0.39, 0.29) is 30.3 Å². The van der Waals surface area contributed by atoms with Crippen molar-refractivity contribution in [3.63, 3.8) is 0 Å². The molecule has 3 amide bonds. The molecule has 1 saturated carbocycles. The van der Waals surface area contributed by atoms with E-state index in [1.807, 2.05) is 0 Å². The van der Waals surface area contributed by atoms with Crippen LogP contribution in [-0.4, -0.2) is 66.0 Å². The average Bonchev–Trinajstić information content (AvgIpc) is 2.66. The molecule has 1 aliphatic carbocycles. The minimum Gasteiger partial charge on any atom is -0.481 e. The first-order valence-electron chi connectivity index (χ1n) is 10.3. The molecule has 0 spiro atoms. The third-order valence-corrected chi connectivity index (χ3v) is 5.91. The van der Waals surface area contributed by atoms with Gasteiger partial charge in [0.1, 0.15) is 0 Å². The third-order valence-electron chi connectivity index (χ3n) is 5.91. The van der Waals surface area contributed by atoms with Crippen molar-refractivity contribution in [3.8, 4) is 0 Å². The molecule has 0 radical (unpaired) electrons. The number of piperidine rings is 1. The Hall–Kier alpha value is -1.79. The molecule has 0 aromatic heterocycles. The van der Waals surface area contributed by atoms with Crippen LogP contribution in [0.5, 0.6) is 0 Å². The molecule has 1 heterocycles. The van der Waals surface area contributed by atoms with Gasteiger partial charge in [-0.15, -0.1) is 0 Å². The fourth-order valence-electron chi connectivity index (χ4n) is 4.31. The molecular formula is C20H35N3O4. The zero-order chi connectivity index (χ0) is 19.8. The molecule has 0 aromatic rings. The number of hydrogen-bond donors (Lipinski definition) is 2. The first kappa shape index (κ1) is 21.5. The highest BCUT2D eigenvalue weighted by molar-refractivity contribution is 5.80. The van der Waals surface area contributed by atoms with Gasteiger partial charge in [-0.2, -0.15) is 0 Å². The lowest BCUT2D eigenvalue weighted by Crippen LogP contribution is -2.48. The van der Waals surface area contributed by atoms with Crippen molar-refractivity contribution < 1.29 is 19.5 Å². The highest BCUT2D eigenvalue weighted by Crippen LogP contribution is 2.28. The molecule has 1 aliphatic heterocycles. The molecular weight excluding hydrogens is 346 g/mol. The van der Waals surface area contributed by atoms with E-state index in [4.69, 9.17) is 5.11 Å². The predicted molar refractivity (Wildman–Crippen MR) is 103 cm³/mol. The van der Waals surface area contributed by atoms with Gasteiger partial charge in [-0.05, 0) is 31.6 Å². The van der Waals surface area contributed by atoms with Crippen molar-refractivity contribution in [3.05, 3.63) is 0 Å². The fraction of sp³-hybridized carbons (Fsp3) is 0.850. The van der Waals surface area contributed by atoms with E-state index in [1.54, 1.807) is 23.9 Å². The number of hydrogen-bond acceptors (Lipinski definition) is 3. The Balaban J connectivity index is 1.84. The molecule has 2 N–H and O–H groups in total. The average molecular weight is 382 g/mol. The Bertz CT molecular complexity index is 509. The number of carboxylic acid groups (broad SMARTS) is 1. The highest BCUT2D eigenvalue weighted by atomic mass is 16.4. The molecule has 2 rings (SSSR count). The summed E-state index contributed by atoms with van der Waals surface area (Å²) in [5, 5.41) is 12.2. The number of carboxylic acids is 1. The van der Waals surface area contributed by atoms with E-state index in [2.05, 4.69) is 5.32 Å². The maximum absolute atomic E-state index is 12.7. The Morgan fingerprint density at radius 1 is 1.07 bits per heavy atom. The standard InChI is InChI=1S/C20H35N3O4/c1-22(2)20(27)23-12-10-16(11-13-23)19(26)21-17(8-9-18(24)25)14-15-6-4-3-5-7-15/h15-17H,3-14H2,1-2H3,(H,21,26)(H,24,25). The summed E-state index contributed by atoms with van der Waals surface area (Å²) >= 11 is 0. The van der Waals surface area contributed by atoms with Crippen LogP contribution in [0.2, 0.25) is 0 Å². The molecule has 1 unspecified atom stereocenters. The number of rotatable bonds is 7.